The van der Waals surface area contributed by atoms with E-state index >= 15 is 0 Å². The summed E-state index contributed by atoms with van der Waals surface area (Å²) in [7, 11) is 4.04. The van der Waals surface area contributed by atoms with Crippen molar-refractivity contribution < 1.29 is 14.3 Å². The van der Waals surface area contributed by atoms with Crippen LogP contribution >= 0.6 is 0 Å². The molecular formula is C27H33N3O3. The molecule has 0 fully saturated rings. The van der Waals surface area contributed by atoms with E-state index in [0.717, 1.165) is 30.8 Å². The summed E-state index contributed by atoms with van der Waals surface area (Å²) in [5.41, 5.74) is 1.61. The van der Waals surface area contributed by atoms with E-state index in [4.69, 9.17) is 10.6 Å². The number of benzene rings is 3. The molecule has 0 aliphatic carbocycles. The maximum Gasteiger partial charge on any atom is 0.274 e. The number of amides is 2. The monoisotopic (exact) mass is 447 g/mol. The third-order valence-corrected chi connectivity index (χ3v) is 5.53. The quantitative estimate of drug-likeness (QED) is 0.204. The minimum Gasteiger partial charge on any atom is -0.494 e. The van der Waals surface area contributed by atoms with Gasteiger partial charge in [0.15, 0.2) is 0 Å². The van der Waals surface area contributed by atoms with E-state index in [-0.39, 0.29) is 12.3 Å². The summed E-state index contributed by atoms with van der Waals surface area (Å²) in [5.74, 6) is 5.62. The number of carbonyl (C=O) groups excluding carboxylic acids is 2. The molecule has 3 rings (SSSR count). The van der Waals surface area contributed by atoms with Crippen LogP contribution in [-0.2, 0) is 11.2 Å². The lowest BCUT2D eigenvalue weighted by Gasteiger charge is -2.15. The van der Waals surface area contributed by atoms with Gasteiger partial charge in [-0.15, -0.1) is 0 Å². The minimum absolute atomic E-state index is 0.239. The summed E-state index contributed by atoms with van der Waals surface area (Å²) in [6.45, 7) is 1.55. The van der Waals surface area contributed by atoms with Crippen molar-refractivity contribution in [2.75, 3.05) is 27.2 Å². The van der Waals surface area contributed by atoms with E-state index in [1.165, 1.54) is 16.3 Å². The van der Waals surface area contributed by atoms with Gasteiger partial charge in [-0.25, -0.2) is 10.9 Å². The molecule has 6 nitrogen and oxygen atoms in total. The minimum atomic E-state index is -0.506. The fourth-order valence-corrected chi connectivity index (χ4v) is 3.64. The van der Waals surface area contributed by atoms with Crippen molar-refractivity contribution in [3.8, 4) is 5.75 Å². The molecule has 2 amide bonds. The number of aryl methyl sites for hydroxylation is 1. The summed E-state index contributed by atoms with van der Waals surface area (Å²) in [6.07, 6.45) is 3.56. The van der Waals surface area contributed by atoms with E-state index in [9.17, 15) is 9.59 Å². The zero-order valence-electron chi connectivity index (χ0n) is 19.5. The van der Waals surface area contributed by atoms with Gasteiger partial charge in [0.25, 0.3) is 5.91 Å². The van der Waals surface area contributed by atoms with Crippen LogP contribution in [0.4, 0.5) is 0 Å². The summed E-state index contributed by atoms with van der Waals surface area (Å²) < 4.78 is 5.67. The zero-order valence-corrected chi connectivity index (χ0v) is 19.5. The average Bonchev–Trinajstić information content (AvgIpc) is 2.83. The molecule has 0 radical (unpaired) electrons. The maximum atomic E-state index is 12.5. The first kappa shape index (κ1) is 24.4. The Morgan fingerprint density at radius 1 is 0.879 bits per heavy atom. The molecule has 0 atom stereocenters. The second kappa shape index (κ2) is 12.1. The van der Waals surface area contributed by atoms with E-state index in [1.807, 2.05) is 26.2 Å². The molecule has 0 aliphatic heterocycles. The highest BCUT2D eigenvalue weighted by molar-refractivity contribution is 6.04. The molecule has 0 heterocycles. The molecule has 0 saturated carbocycles. The topological polar surface area (TPSA) is 75.9 Å². The van der Waals surface area contributed by atoms with Gasteiger partial charge < -0.3 is 9.64 Å². The third kappa shape index (κ3) is 7.41. The lowest BCUT2D eigenvalue weighted by Crippen LogP contribution is -2.42. The van der Waals surface area contributed by atoms with Crippen molar-refractivity contribution in [2.45, 2.75) is 32.1 Å². The fourth-order valence-electron chi connectivity index (χ4n) is 3.64. The molecule has 0 unspecified atom stereocenters. The highest BCUT2D eigenvalue weighted by atomic mass is 16.5. The Bertz CT molecular complexity index is 1060. The summed E-state index contributed by atoms with van der Waals surface area (Å²) in [6, 6.07) is 21.4. The van der Waals surface area contributed by atoms with Crippen LogP contribution in [0, 0.1) is 0 Å². The van der Waals surface area contributed by atoms with E-state index in [1.54, 1.807) is 24.3 Å². The van der Waals surface area contributed by atoms with Crippen LogP contribution in [0.25, 0.3) is 10.8 Å². The number of nitrogens with two attached hydrogens (primary N) is 1. The van der Waals surface area contributed by atoms with Crippen LogP contribution in [0.2, 0.25) is 0 Å². The Balaban J connectivity index is 1.41. The largest absolute Gasteiger partial charge is 0.494 e. The van der Waals surface area contributed by atoms with Gasteiger partial charge in [-0.1, -0.05) is 42.5 Å². The van der Waals surface area contributed by atoms with E-state index < -0.39 is 5.91 Å². The number of hydrogen-bond acceptors (Lipinski definition) is 5. The molecule has 2 N–H and O–H groups in total. The summed E-state index contributed by atoms with van der Waals surface area (Å²) in [5, 5.41) is 3.16. The number of ether oxygens (including phenoxy) is 1. The number of rotatable bonds is 11. The Labute approximate surface area is 195 Å². The van der Waals surface area contributed by atoms with Crippen LogP contribution in [0.5, 0.6) is 5.75 Å². The van der Waals surface area contributed by atoms with Crippen molar-refractivity contribution >= 4 is 22.6 Å². The smallest absolute Gasteiger partial charge is 0.274 e. The molecule has 174 valence electrons. The highest BCUT2D eigenvalue weighted by Gasteiger charge is 2.19. The molecule has 3 aromatic rings. The average molecular weight is 448 g/mol. The Morgan fingerprint density at radius 3 is 2.33 bits per heavy atom. The maximum absolute atomic E-state index is 12.5. The standard InChI is InChI=1S/C27H33N3O3/c1-29(2)18-7-19-33-25-16-14-23(15-17-25)27(32)30(28)26(31)11-6-3-8-21-12-13-22-9-4-5-10-24(22)20-21/h4-5,9-10,12-17,20H,3,6-8,11,18-19,28H2,1-2H3. The molecule has 0 spiro atoms. The van der Waals surface area contributed by atoms with Gasteiger partial charge >= 0.3 is 0 Å². The number of carbonyl (C=O) groups is 2. The molecule has 3 aromatic carbocycles. The van der Waals surface area contributed by atoms with Gasteiger partial charge in [0.1, 0.15) is 5.75 Å². The lowest BCUT2D eigenvalue weighted by molar-refractivity contribution is -0.128. The van der Waals surface area contributed by atoms with Crippen molar-refractivity contribution in [1.82, 2.24) is 9.91 Å². The first-order valence-corrected chi connectivity index (χ1v) is 11.4. The van der Waals surface area contributed by atoms with Crippen LogP contribution in [0.1, 0.15) is 41.6 Å². The second-order valence-corrected chi connectivity index (χ2v) is 8.49. The van der Waals surface area contributed by atoms with Crippen LogP contribution in [0.15, 0.2) is 66.7 Å². The predicted octanol–water partition coefficient (Wildman–Crippen LogP) is 4.43. The summed E-state index contributed by atoms with van der Waals surface area (Å²) >= 11 is 0. The molecule has 0 aromatic heterocycles. The number of imide groups is 1. The Kier molecular flexibility index (Phi) is 8.98. The molecule has 33 heavy (non-hydrogen) atoms. The Hall–Kier alpha value is -3.22. The number of hydrazine groups is 1. The van der Waals surface area contributed by atoms with E-state index in [0.29, 0.717) is 24.3 Å². The van der Waals surface area contributed by atoms with Gasteiger partial charge in [-0.3, -0.25) is 9.59 Å². The van der Waals surface area contributed by atoms with Crippen molar-refractivity contribution in [2.24, 2.45) is 5.84 Å². The van der Waals surface area contributed by atoms with Gasteiger partial charge in [0, 0.05) is 18.5 Å². The summed E-state index contributed by atoms with van der Waals surface area (Å²) in [4.78, 5) is 27.0. The first-order valence-electron chi connectivity index (χ1n) is 11.4. The normalized spacial score (nSPS) is 11.0. The van der Waals surface area contributed by atoms with Gasteiger partial charge in [-0.05, 0) is 80.4 Å². The van der Waals surface area contributed by atoms with Crippen LogP contribution in [0.3, 0.4) is 0 Å². The van der Waals surface area contributed by atoms with Gasteiger partial charge in [0.2, 0.25) is 5.91 Å². The number of nitrogens with zero attached hydrogens (tertiary/aromatic N) is 2. The molecule has 0 bridgehead atoms. The molecule has 6 heteroatoms. The number of unbranched alkanes of at least 4 members (excludes halogenated alkanes) is 1. The van der Waals surface area contributed by atoms with Crippen molar-refractivity contribution in [1.29, 1.82) is 0 Å². The third-order valence-electron chi connectivity index (χ3n) is 5.53. The molecular weight excluding hydrogens is 414 g/mol. The number of hydrogen-bond donors (Lipinski definition) is 1. The SMILES string of the molecule is CN(C)CCCOc1ccc(C(=O)N(N)C(=O)CCCCc2ccc3ccccc3c2)cc1. The predicted molar refractivity (Wildman–Crippen MR) is 132 cm³/mol. The molecule has 0 saturated heterocycles. The van der Waals surface area contributed by atoms with Gasteiger partial charge in [-0.2, -0.15) is 0 Å². The second-order valence-electron chi connectivity index (χ2n) is 8.49. The van der Waals surface area contributed by atoms with Crippen LogP contribution < -0.4 is 10.6 Å². The lowest BCUT2D eigenvalue weighted by atomic mass is 10.0. The van der Waals surface area contributed by atoms with Gasteiger partial charge in [0.05, 0.1) is 6.61 Å². The highest BCUT2D eigenvalue weighted by Crippen LogP contribution is 2.18. The van der Waals surface area contributed by atoms with E-state index in [2.05, 4.69) is 35.2 Å². The Morgan fingerprint density at radius 2 is 1.61 bits per heavy atom. The molecule has 0 aliphatic rings. The fraction of sp³-hybridized carbons (Fsp3) is 0.333. The first-order chi connectivity index (χ1) is 15.9. The van der Waals surface area contributed by atoms with Crippen molar-refractivity contribution in [3.05, 3.63) is 77.9 Å². The number of fused-ring (bicyclic) bond motifs is 1. The van der Waals surface area contributed by atoms with Crippen molar-refractivity contribution in [3.63, 3.8) is 0 Å². The zero-order chi connectivity index (χ0) is 23.6. The van der Waals surface area contributed by atoms with Crippen LogP contribution in [-0.4, -0.2) is 49.0 Å².